The maximum atomic E-state index is 12.0. The van der Waals surface area contributed by atoms with Crippen LogP contribution in [0.3, 0.4) is 0 Å². The number of nitrogens with zero attached hydrogens (tertiary/aromatic N) is 1. The van der Waals surface area contributed by atoms with Crippen molar-refractivity contribution in [2.45, 2.75) is 59.4 Å². The third kappa shape index (κ3) is 5.51. The number of hydrogen-bond acceptors (Lipinski definition) is 2. The van der Waals surface area contributed by atoms with Gasteiger partial charge in [-0.2, -0.15) is 0 Å². The normalized spacial score (nSPS) is 11.4. The fourth-order valence-corrected chi connectivity index (χ4v) is 2.35. The van der Waals surface area contributed by atoms with Crippen LogP contribution in [0.5, 0.6) is 0 Å². The van der Waals surface area contributed by atoms with Gasteiger partial charge in [0.05, 0.1) is 0 Å². The first kappa shape index (κ1) is 18.2. The summed E-state index contributed by atoms with van der Waals surface area (Å²) in [5, 5.41) is 2.88. The van der Waals surface area contributed by atoms with Gasteiger partial charge in [-0.25, -0.2) is 0 Å². The molecule has 0 aliphatic rings. The summed E-state index contributed by atoms with van der Waals surface area (Å²) in [6, 6.07) is 7.88. The van der Waals surface area contributed by atoms with Crippen LogP contribution in [0, 0.1) is 0 Å². The molecule has 0 aromatic heterocycles. The number of benzene rings is 1. The molecule has 0 saturated carbocycles. The smallest absolute Gasteiger partial charge is 0.226 e. The Morgan fingerprint density at radius 1 is 1.14 bits per heavy atom. The van der Waals surface area contributed by atoms with E-state index in [4.69, 9.17) is 0 Å². The standard InChI is InChI=1S/C18H28N2O2/c1-13(2)15-7-9-16(10-8-15)19-17(22)11-12-20(14(3)21)18(4,5)6/h7-10,13H,11-12H2,1-6H3,(H,19,22). The molecule has 122 valence electrons. The van der Waals surface area contributed by atoms with Crippen molar-refractivity contribution in [2.75, 3.05) is 11.9 Å². The zero-order valence-electron chi connectivity index (χ0n) is 14.6. The lowest BCUT2D eigenvalue weighted by molar-refractivity contribution is -0.134. The van der Waals surface area contributed by atoms with Crippen LogP contribution in [-0.4, -0.2) is 28.8 Å². The van der Waals surface area contributed by atoms with E-state index in [2.05, 4.69) is 19.2 Å². The van der Waals surface area contributed by atoms with E-state index in [-0.39, 0.29) is 17.4 Å². The summed E-state index contributed by atoms with van der Waals surface area (Å²) >= 11 is 0. The lowest BCUT2D eigenvalue weighted by Crippen LogP contribution is -2.45. The van der Waals surface area contributed by atoms with Gasteiger partial charge >= 0.3 is 0 Å². The molecule has 0 aliphatic carbocycles. The van der Waals surface area contributed by atoms with Gasteiger partial charge in [-0.3, -0.25) is 9.59 Å². The summed E-state index contributed by atoms with van der Waals surface area (Å²) in [7, 11) is 0. The summed E-state index contributed by atoms with van der Waals surface area (Å²) in [6.07, 6.45) is 0.294. The SMILES string of the molecule is CC(=O)N(CCC(=O)Nc1ccc(C(C)C)cc1)C(C)(C)C. The largest absolute Gasteiger partial charge is 0.338 e. The molecule has 0 spiro atoms. The number of carbonyl (C=O) groups excluding carboxylic acids is 2. The second-order valence-corrected chi connectivity index (χ2v) is 6.92. The Labute approximate surface area is 133 Å². The number of amides is 2. The van der Waals surface area contributed by atoms with Crippen LogP contribution in [0.4, 0.5) is 5.69 Å². The van der Waals surface area contributed by atoms with E-state index in [0.717, 1.165) is 5.69 Å². The predicted molar refractivity (Wildman–Crippen MR) is 90.9 cm³/mol. The van der Waals surface area contributed by atoms with E-state index in [1.807, 2.05) is 45.0 Å². The summed E-state index contributed by atoms with van der Waals surface area (Å²) in [4.78, 5) is 25.4. The Morgan fingerprint density at radius 2 is 1.68 bits per heavy atom. The average Bonchev–Trinajstić information content (AvgIpc) is 2.37. The highest BCUT2D eigenvalue weighted by Gasteiger charge is 2.23. The molecule has 0 bridgehead atoms. The van der Waals surface area contributed by atoms with Gasteiger partial charge in [0.15, 0.2) is 0 Å². The maximum absolute atomic E-state index is 12.0. The van der Waals surface area contributed by atoms with E-state index in [1.54, 1.807) is 4.90 Å². The van der Waals surface area contributed by atoms with Gasteiger partial charge in [-0.1, -0.05) is 26.0 Å². The first-order valence-corrected chi connectivity index (χ1v) is 7.79. The highest BCUT2D eigenvalue weighted by Crippen LogP contribution is 2.18. The lowest BCUT2D eigenvalue weighted by atomic mass is 10.0. The monoisotopic (exact) mass is 304 g/mol. The van der Waals surface area contributed by atoms with Crippen molar-refractivity contribution in [1.29, 1.82) is 0 Å². The number of anilines is 1. The third-order valence-electron chi connectivity index (χ3n) is 3.61. The Kier molecular flexibility index (Phi) is 6.15. The highest BCUT2D eigenvalue weighted by molar-refractivity contribution is 5.91. The minimum absolute atomic E-state index is 0.0124. The van der Waals surface area contributed by atoms with Gasteiger partial charge in [0.2, 0.25) is 11.8 Å². The minimum atomic E-state index is -0.273. The Morgan fingerprint density at radius 3 is 2.09 bits per heavy atom. The van der Waals surface area contributed by atoms with Crippen LogP contribution < -0.4 is 5.32 Å². The minimum Gasteiger partial charge on any atom is -0.338 e. The first-order valence-electron chi connectivity index (χ1n) is 7.79. The predicted octanol–water partition coefficient (Wildman–Crippen LogP) is 3.79. The molecule has 0 saturated heterocycles. The maximum Gasteiger partial charge on any atom is 0.226 e. The second kappa shape index (κ2) is 7.43. The van der Waals surface area contributed by atoms with Crippen LogP contribution >= 0.6 is 0 Å². The summed E-state index contributed by atoms with van der Waals surface area (Å²) in [5.41, 5.74) is 1.76. The molecular formula is C18H28N2O2. The van der Waals surface area contributed by atoms with Gasteiger partial charge in [0.25, 0.3) is 0 Å². The van der Waals surface area contributed by atoms with Crippen LogP contribution in [-0.2, 0) is 9.59 Å². The summed E-state index contributed by atoms with van der Waals surface area (Å²) in [5.74, 6) is 0.384. The lowest BCUT2D eigenvalue weighted by Gasteiger charge is -2.34. The molecule has 4 nitrogen and oxygen atoms in total. The molecule has 1 aromatic rings. The number of hydrogen-bond donors (Lipinski definition) is 1. The van der Waals surface area contributed by atoms with Crippen molar-refractivity contribution >= 4 is 17.5 Å². The van der Waals surface area contributed by atoms with Gasteiger partial charge < -0.3 is 10.2 Å². The van der Waals surface area contributed by atoms with Crippen molar-refractivity contribution in [3.05, 3.63) is 29.8 Å². The van der Waals surface area contributed by atoms with Crippen molar-refractivity contribution < 1.29 is 9.59 Å². The van der Waals surface area contributed by atoms with E-state index in [0.29, 0.717) is 18.9 Å². The van der Waals surface area contributed by atoms with Gasteiger partial charge in [0, 0.05) is 31.1 Å². The van der Waals surface area contributed by atoms with Crippen LogP contribution in [0.15, 0.2) is 24.3 Å². The van der Waals surface area contributed by atoms with Gasteiger partial charge in [0.1, 0.15) is 0 Å². The topological polar surface area (TPSA) is 49.4 Å². The molecule has 0 atom stereocenters. The summed E-state index contributed by atoms with van der Waals surface area (Å²) < 4.78 is 0. The fourth-order valence-electron chi connectivity index (χ4n) is 2.35. The van der Waals surface area contributed by atoms with E-state index >= 15 is 0 Å². The zero-order valence-corrected chi connectivity index (χ0v) is 14.6. The van der Waals surface area contributed by atoms with Gasteiger partial charge in [-0.05, 0) is 44.4 Å². The highest BCUT2D eigenvalue weighted by atomic mass is 16.2. The van der Waals surface area contributed by atoms with Crippen LogP contribution in [0.25, 0.3) is 0 Å². The molecular weight excluding hydrogens is 276 g/mol. The molecule has 1 N–H and O–H groups in total. The molecule has 22 heavy (non-hydrogen) atoms. The molecule has 2 amide bonds. The quantitative estimate of drug-likeness (QED) is 0.900. The Bertz CT molecular complexity index is 513. The number of rotatable bonds is 5. The second-order valence-electron chi connectivity index (χ2n) is 6.92. The van der Waals surface area contributed by atoms with Crippen molar-refractivity contribution in [3.63, 3.8) is 0 Å². The van der Waals surface area contributed by atoms with Crippen molar-refractivity contribution in [3.8, 4) is 0 Å². The Hall–Kier alpha value is -1.84. The molecule has 0 radical (unpaired) electrons. The van der Waals surface area contributed by atoms with E-state index < -0.39 is 0 Å². The average molecular weight is 304 g/mol. The molecule has 1 aromatic carbocycles. The Balaban J connectivity index is 2.57. The molecule has 1 rings (SSSR count). The van der Waals surface area contributed by atoms with Gasteiger partial charge in [-0.15, -0.1) is 0 Å². The number of nitrogens with one attached hydrogen (secondary N) is 1. The molecule has 4 heteroatoms. The fraction of sp³-hybridized carbons (Fsp3) is 0.556. The molecule has 0 fully saturated rings. The van der Waals surface area contributed by atoms with E-state index in [9.17, 15) is 9.59 Å². The molecule has 0 unspecified atom stereocenters. The van der Waals surface area contributed by atoms with Crippen LogP contribution in [0.2, 0.25) is 0 Å². The van der Waals surface area contributed by atoms with E-state index in [1.165, 1.54) is 12.5 Å². The molecule has 0 aliphatic heterocycles. The summed E-state index contributed by atoms with van der Waals surface area (Å²) in [6.45, 7) is 12.1. The molecule has 0 heterocycles. The van der Waals surface area contributed by atoms with Crippen molar-refractivity contribution in [1.82, 2.24) is 4.90 Å². The van der Waals surface area contributed by atoms with Crippen molar-refractivity contribution in [2.24, 2.45) is 0 Å². The first-order chi connectivity index (χ1) is 10.1. The van der Waals surface area contributed by atoms with Crippen LogP contribution in [0.1, 0.15) is 59.4 Å². The number of carbonyl (C=O) groups is 2. The third-order valence-corrected chi connectivity index (χ3v) is 3.61. The zero-order chi connectivity index (χ0) is 16.9.